The summed E-state index contributed by atoms with van der Waals surface area (Å²) in [4.78, 5) is 13.6. The lowest BCUT2D eigenvalue weighted by atomic mass is 9.96. The van der Waals surface area contributed by atoms with Crippen LogP contribution in [0.4, 0.5) is 39.5 Å². The summed E-state index contributed by atoms with van der Waals surface area (Å²) in [6, 6.07) is 22.3. The fourth-order valence-corrected chi connectivity index (χ4v) is 5.87. The van der Waals surface area contributed by atoms with Gasteiger partial charge in [0.1, 0.15) is 0 Å². The lowest BCUT2D eigenvalue weighted by Crippen LogP contribution is -2.63. The smallest absolute Gasteiger partial charge is 0.377 e. The molecule has 0 spiro atoms. The van der Waals surface area contributed by atoms with Crippen LogP contribution in [-0.4, -0.2) is 46.6 Å². The Kier molecular flexibility index (Phi) is 8.66. The third-order valence-corrected chi connectivity index (χ3v) is 8.77. The third kappa shape index (κ3) is 6.18. The minimum atomic E-state index is -7.48. The first-order valence-electron chi connectivity index (χ1n) is 14.4. The van der Waals surface area contributed by atoms with Gasteiger partial charge in [-0.2, -0.15) is 47.9 Å². The van der Waals surface area contributed by atoms with Gasteiger partial charge in [0.2, 0.25) is 0 Å². The normalized spacial score (nSPS) is 13.8. The Labute approximate surface area is 282 Å². The largest absolute Gasteiger partial charge is 0.460 e. The van der Waals surface area contributed by atoms with Gasteiger partial charge in [0.25, 0.3) is 0 Å². The summed E-state index contributed by atoms with van der Waals surface area (Å²) in [6.45, 7) is 0. The molecule has 0 bridgehead atoms. The first-order chi connectivity index (χ1) is 23.9. The van der Waals surface area contributed by atoms with Crippen LogP contribution < -0.4 is 4.18 Å². The Balaban J connectivity index is 1.51. The average Bonchev–Trinajstić information content (AvgIpc) is 3.11. The summed E-state index contributed by atoms with van der Waals surface area (Å²) < 4.78 is 153. The number of allylic oxidation sites excluding steroid dienone is 4. The van der Waals surface area contributed by atoms with Gasteiger partial charge < -0.3 is 4.18 Å². The summed E-state index contributed by atoms with van der Waals surface area (Å²) >= 11 is 0. The highest BCUT2D eigenvalue weighted by Crippen LogP contribution is 2.55. The van der Waals surface area contributed by atoms with Gasteiger partial charge in [0.05, 0.1) is 5.57 Å². The Hall–Kier alpha value is -5.69. The van der Waals surface area contributed by atoms with E-state index in [2.05, 4.69) is 30.6 Å². The van der Waals surface area contributed by atoms with Gasteiger partial charge in [-0.3, -0.25) is 0 Å². The molecule has 1 aliphatic rings. The van der Waals surface area contributed by atoms with Gasteiger partial charge in [0, 0.05) is 16.7 Å². The van der Waals surface area contributed by atoms with Crippen LogP contribution in [0.5, 0.6) is 5.75 Å². The topological polar surface area (TPSA) is 82.0 Å². The zero-order valence-electron chi connectivity index (χ0n) is 25.3. The molecule has 0 amide bonds. The molecule has 0 aliphatic heterocycles. The van der Waals surface area contributed by atoms with Crippen molar-refractivity contribution in [2.75, 3.05) is 0 Å². The summed E-state index contributed by atoms with van der Waals surface area (Å²) in [5, 5.41) is -6.60. The molecule has 0 radical (unpaired) electrons. The highest BCUT2D eigenvalue weighted by Gasteiger charge is 2.86. The maximum absolute atomic E-state index is 14.7. The van der Waals surface area contributed by atoms with E-state index in [-0.39, 0.29) is 39.5 Å². The predicted molar refractivity (Wildman–Crippen MR) is 168 cm³/mol. The Morgan fingerprint density at radius 1 is 0.627 bits per heavy atom. The molecule has 51 heavy (non-hydrogen) atoms. The monoisotopic (exact) mass is 731 g/mol. The Bertz CT molecular complexity index is 2420. The highest BCUT2D eigenvalue weighted by molar-refractivity contribution is 7.88. The van der Waals surface area contributed by atoms with E-state index < -0.39 is 39.1 Å². The van der Waals surface area contributed by atoms with Crippen LogP contribution in [0.3, 0.4) is 0 Å². The molecule has 1 aromatic heterocycles. The molecule has 0 saturated heterocycles. The van der Waals surface area contributed by atoms with Gasteiger partial charge in [-0.05, 0) is 40.6 Å². The number of nitrogens with zero attached hydrogens (tertiary/aromatic N) is 3. The molecule has 0 unspecified atom stereocenters. The SMILES string of the molecule is O=S(=O)(Oc1ccc2ccccc2c1-c1cccc(-c2nc(C3=C=C=CC=C3)nc(-c3ccccc3)n2)c1)C(F)(F)C(F)(F)C(F)(F)C(F)(F)F. The predicted octanol–water partition coefficient (Wildman–Crippen LogP) is 9.42. The zero-order chi connectivity index (χ0) is 36.8. The zero-order valence-corrected chi connectivity index (χ0v) is 26.1. The van der Waals surface area contributed by atoms with Crippen molar-refractivity contribution in [2.24, 2.45) is 0 Å². The summed E-state index contributed by atoms with van der Waals surface area (Å²) in [5.74, 6) is -15.5. The van der Waals surface area contributed by atoms with Crippen molar-refractivity contribution >= 4 is 26.5 Å². The van der Waals surface area contributed by atoms with Crippen molar-refractivity contribution in [3.8, 4) is 39.7 Å². The van der Waals surface area contributed by atoms with Crippen LogP contribution in [0, 0.1) is 0 Å². The fraction of sp³-hybridized carbons (Fsp3) is 0.114. The average molecular weight is 732 g/mol. The molecule has 5 aromatic rings. The summed E-state index contributed by atoms with van der Waals surface area (Å²) in [5.41, 5.74) is 6.67. The number of alkyl halides is 9. The van der Waals surface area contributed by atoms with Crippen LogP contribution in [0.1, 0.15) is 5.82 Å². The van der Waals surface area contributed by atoms with E-state index in [0.29, 0.717) is 16.5 Å². The van der Waals surface area contributed by atoms with E-state index >= 15 is 0 Å². The number of hydrogen-bond donors (Lipinski definition) is 0. The van der Waals surface area contributed by atoms with Crippen molar-refractivity contribution in [1.29, 1.82) is 0 Å². The first-order valence-corrected chi connectivity index (χ1v) is 15.8. The summed E-state index contributed by atoms with van der Waals surface area (Å²) in [6.07, 6.45) is -2.28. The maximum Gasteiger partial charge on any atom is 0.460 e. The van der Waals surface area contributed by atoms with Gasteiger partial charge in [-0.15, -0.1) is 0 Å². The van der Waals surface area contributed by atoms with Gasteiger partial charge in [0.15, 0.2) is 23.2 Å². The van der Waals surface area contributed by atoms with E-state index in [9.17, 15) is 47.9 Å². The minimum Gasteiger partial charge on any atom is -0.377 e. The quantitative estimate of drug-likeness (QED) is 0.0854. The number of benzene rings is 4. The van der Waals surface area contributed by atoms with Gasteiger partial charge in [-0.1, -0.05) is 96.4 Å². The maximum atomic E-state index is 14.7. The van der Waals surface area contributed by atoms with Crippen LogP contribution in [-0.2, 0) is 10.1 Å². The molecule has 260 valence electrons. The molecule has 1 aliphatic carbocycles. The van der Waals surface area contributed by atoms with Crippen molar-refractivity contribution in [1.82, 2.24) is 15.0 Å². The molecule has 0 saturated carbocycles. The Morgan fingerprint density at radius 3 is 1.90 bits per heavy atom. The number of halogens is 9. The molecule has 0 atom stereocenters. The van der Waals surface area contributed by atoms with Gasteiger partial charge >= 0.3 is 33.4 Å². The lowest BCUT2D eigenvalue weighted by molar-refractivity contribution is -0.382. The molecule has 1 heterocycles. The molecular formula is C35H18F9N3O3S. The van der Waals surface area contributed by atoms with Crippen LogP contribution in [0.25, 0.3) is 50.2 Å². The first kappa shape index (κ1) is 35.1. The van der Waals surface area contributed by atoms with Crippen LogP contribution in [0.15, 0.2) is 121 Å². The third-order valence-electron chi connectivity index (χ3n) is 7.49. The van der Waals surface area contributed by atoms with E-state index in [1.54, 1.807) is 54.6 Å². The molecule has 0 N–H and O–H groups in total. The molecule has 4 aromatic carbocycles. The highest BCUT2D eigenvalue weighted by atomic mass is 32.2. The lowest BCUT2D eigenvalue weighted by Gasteiger charge is -2.32. The van der Waals surface area contributed by atoms with Crippen molar-refractivity contribution in [3.05, 3.63) is 127 Å². The number of hydrogen-bond acceptors (Lipinski definition) is 6. The number of aromatic nitrogens is 3. The van der Waals surface area contributed by atoms with Gasteiger partial charge in [-0.25, -0.2) is 15.0 Å². The van der Waals surface area contributed by atoms with E-state index in [4.69, 9.17) is 0 Å². The molecular weight excluding hydrogens is 713 g/mol. The van der Waals surface area contributed by atoms with Crippen LogP contribution in [0.2, 0.25) is 0 Å². The molecule has 16 heteroatoms. The second-order valence-corrected chi connectivity index (χ2v) is 12.4. The van der Waals surface area contributed by atoms with Crippen LogP contribution >= 0.6 is 0 Å². The molecule has 6 rings (SSSR count). The second kappa shape index (κ2) is 12.6. The van der Waals surface area contributed by atoms with E-state index in [0.717, 1.165) is 12.1 Å². The Morgan fingerprint density at radius 2 is 1.24 bits per heavy atom. The minimum absolute atomic E-state index is 0.00743. The second-order valence-electron chi connectivity index (χ2n) is 10.8. The van der Waals surface area contributed by atoms with E-state index in [1.807, 2.05) is 0 Å². The van der Waals surface area contributed by atoms with Crippen molar-refractivity contribution in [3.63, 3.8) is 0 Å². The summed E-state index contributed by atoms with van der Waals surface area (Å²) in [7, 11) is -7.25. The van der Waals surface area contributed by atoms with Crippen molar-refractivity contribution in [2.45, 2.75) is 23.3 Å². The van der Waals surface area contributed by atoms with E-state index in [1.165, 1.54) is 42.5 Å². The molecule has 6 nitrogen and oxygen atoms in total. The van der Waals surface area contributed by atoms with Crippen molar-refractivity contribution < 1.29 is 52.1 Å². The number of fused-ring (bicyclic) bond motifs is 1. The number of rotatable bonds is 9. The molecule has 0 fully saturated rings. The standard InChI is InChI=1S/C35H18F9N3O3S/c36-32(37,34(40,41)42)33(38,39)35(43,44)51(48,49)50-27-19-18-21-10-7-8-17-26(21)28(27)24-15-9-16-25(20-24)31-46-29(22-11-3-1-4-12-22)45-30(47-31)23-13-5-2-6-14-23/h1-5,7-13,15-20H. The fourth-order valence-electron chi connectivity index (χ4n) is 4.95.